The summed E-state index contributed by atoms with van der Waals surface area (Å²) < 4.78 is 19.0. The second-order valence-electron chi connectivity index (χ2n) is 7.83. The third-order valence-corrected chi connectivity index (χ3v) is 5.75. The number of halogens is 1. The molecule has 3 aromatic rings. The van der Waals surface area contributed by atoms with Gasteiger partial charge in [-0.15, -0.1) is 0 Å². The quantitative estimate of drug-likeness (QED) is 0.490. The zero-order valence-electron chi connectivity index (χ0n) is 16.3. The number of ether oxygens (including phenoxy) is 1. The molecular weight excluding hydrogens is 349 g/mol. The number of likely N-dealkylation sites (tertiary alicyclic amines) is 1. The Labute approximate surface area is 166 Å². The number of rotatable bonds is 7. The number of hydrogen-bond donors (Lipinski definition) is 0. The zero-order chi connectivity index (χ0) is 19.2. The van der Waals surface area contributed by atoms with E-state index in [9.17, 15) is 4.39 Å². The summed E-state index contributed by atoms with van der Waals surface area (Å²) in [4.78, 5) is 2.55. The largest absolute Gasteiger partial charge is 0.494 e. The molecular formula is C25H28FNO. The molecule has 3 aromatic carbocycles. The molecule has 0 bridgehead atoms. The maximum atomic E-state index is 13.0. The standard InChI is InChI=1S/C25H28FNO/c26-24-9-6-20(7-10-24)18-21-12-15-27(16-13-21)14-3-17-28-25-11-8-22-4-1-2-5-23(22)19-25/h1-2,4-11,19,21H,3,12-18H2. The van der Waals surface area contributed by atoms with Crippen molar-refractivity contribution >= 4 is 10.8 Å². The van der Waals surface area contributed by atoms with Gasteiger partial charge < -0.3 is 9.64 Å². The van der Waals surface area contributed by atoms with Crippen LogP contribution in [0.1, 0.15) is 24.8 Å². The van der Waals surface area contributed by atoms with E-state index < -0.39 is 0 Å². The van der Waals surface area contributed by atoms with Crippen molar-refractivity contribution in [3.63, 3.8) is 0 Å². The molecule has 0 aromatic heterocycles. The van der Waals surface area contributed by atoms with Gasteiger partial charge in [0.1, 0.15) is 11.6 Å². The second kappa shape index (κ2) is 9.20. The van der Waals surface area contributed by atoms with E-state index in [0.29, 0.717) is 0 Å². The van der Waals surface area contributed by atoms with Crippen molar-refractivity contribution in [2.24, 2.45) is 5.92 Å². The van der Waals surface area contributed by atoms with Crippen LogP contribution in [0.2, 0.25) is 0 Å². The van der Waals surface area contributed by atoms with E-state index in [0.717, 1.165) is 50.8 Å². The molecule has 0 aliphatic carbocycles. The number of hydrogen-bond acceptors (Lipinski definition) is 2. The SMILES string of the molecule is Fc1ccc(CC2CCN(CCCOc3ccc4ccccc4c3)CC2)cc1. The maximum Gasteiger partial charge on any atom is 0.123 e. The van der Waals surface area contributed by atoms with Crippen LogP contribution in [0.5, 0.6) is 5.75 Å². The highest BCUT2D eigenvalue weighted by Gasteiger charge is 2.19. The van der Waals surface area contributed by atoms with Gasteiger partial charge in [0.2, 0.25) is 0 Å². The number of piperidine rings is 1. The van der Waals surface area contributed by atoms with Crippen molar-refractivity contribution in [1.82, 2.24) is 4.90 Å². The summed E-state index contributed by atoms with van der Waals surface area (Å²) in [5, 5.41) is 2.47. The average Bonchev–Trinajstić information content (AvgIpc) is 2.74. The fourth-order valence-corrected chi connectivity index (χ4v) is 4.10. The lowest BCUT2D eigenvalue weighted by Crippen LogP contribution is -2.35. The minimum Gasteiger partial charge on any atom is -0.494 e. The summed E-state index contributed by atoms with van der Waals surface area (Å²) in [6, 6.07) is 21.7. The zero-order valence-corrected chi connectivity index (χ0v) is 16.3. The van der Waals surface area contributed by atoms with Crippen LogP contribution in [0.3, 0.4) is 0 Å². The van der Waals surface area contributed by atoms with Gasteiger partial charge in [-0.3, -0.25) is 0 Å². The second-order valence-corrected chi connectivity index (χ2v) is 7.83. The Morgan fingerprint density at radius 2 is 1.64 bits per heavy atom. The first-order valence-corrected chi connectivity index (χ1v) is 10.3. The lowest BCUT2D eigenvalue weighted by atomic mass is 9.90. The van der Waals surface area contributed by atoms with Gasteiger partial charge in [-0.2, -0.15) is 0 Å². The molecule has 1 heterocycles. The molecule has 28 heavy (non-hydrogen) atoms. The molecule has 1 saturated heterocycles. The summed E-state index contributed by atoms with van der Waals surface area (Å²) in [5.41, 5.74) is 1.25. The first-order chi connectivity index (χ1) is 13.8. The van der Waals surface area contributed by atoms with Crippen LogP contribution in [-0.4, -0.2) is 31.1 Å². The van der Waals surface area contributed by atoms with Gasteiger partial charge in [0, 0.05) is 6.54 Å². The molecule has 0 atom stereocenters. The average molecular weight is 378 g/mol. The van der Waals surface area contributed by atoms with Gasteiger partial charge >= 0.3 is 0 Å². The van der Waals surface area contributed by atoms with Crippen molar-refractivity contribution in [3.05, 3.63) is 78.1 Å². The summed E-state index contributed by atoms with van der Waals surface area (Å²) in [5.74, 6) is 1.52. The van der Waals surface area contributed by atoms with Crippen LogP contribution in [0, 0.1) is 11.7 Å². The molecule has 1 fully saturated rings. The monoisotopic (exact) mass is 377 g/mol. The Balaban J connectivity index is 1.15. The Hall–Kier alpha value is -2.39. The van der Waals surface area contributed by atoms with E-state index in [1.165, 1.54) is 29.2 Å². The fraction of sp³-hybridized carbons (Fsp3) is 0.360. The van der Waals surface area contributed by atoms with Crippen molar-refractivity contribution in [3.8, 4) is 5.75 Å². The summed E-state index contributed by atoms with van der Waals surface area (Å²) in [7, 11) is 0. The predicted octanol–water partition coefficient (Wildman–Crippen LogP) is 5.70. The first-order valence-electron chi connectivity index (χ1n) is 10.3. The lowest BCUT2D eigenvalue weighted by molar-refractivity contribution is 0.170. The third kappa shape index (κ3) is 5.11. The molecule has 0 saturated carbocycles. The maximum absolute atomic E-state index is 13.0. The topological polar surface area (TPSA) is 12.5 Å². The molecule has 1 aliphatic heterocycles. The molecule has 1 aliphatic rings. The van der Waals surface area contributed by atoms with E-state index in [4.69, 9.17) is 4.74 Å². The molecule has 3 heteroatoms. The van der Waals surface area contributed by atoms with Gasteiger partial charge in [-0.1, -0.05) is 42.5 Å². The Bertz CT molecular complexity index is 884. The minimum absolute atomic E-state index is 0.149. The van der Waals surface area contributed by atoms with Crippen LogP contribution in [-0.2, 0) is 6.42 Å². The summed E-state index contributed by atoms with van der Waals surface area (Å²) >= 11 is 0. The van der Waals surface area contributed by atoms with Crippen LogP contribution in [0.4, 0.5) is 4.39 Å². The van der Waals surface area contributed by atoms with E-state index in [1.54, 1.807) is 12.1 Å². The minimum atomic E-state index is -0.149. The van der Waals surface area contributed by atoms with E-state index in [1.807, 2.05) is 12.1 Å². The van der Waals surface area contributed by atoms with Crippen LogP contribution < -0.4 is 4.74 Å². The highest BCUT2D eigenvalue weighted by Crippen LogP contribution is 2.23. The van der Waals surface area contributed by atoms with E-state index in [2.05, 4.69) is 47.4 Å². The summed E-state index contributed by atoms with van der Waals surface area (Å²) in [6.45, 7) is 4.16. The van der Waals surface area contributed by atoms with Gasteiger partial charge in [-0.25, -0.2) is 4.39 Å². The molecule has 2 nitrogen and oxygen atoms in total. The van der Waals surface area contributed by atoms with E-state index in [-0.39, 0.29) is 5.82 Å². The van der Waals surface area contributed by atoms with Crippen molar-refractivity contribution in [2.45, 2.75) is 25.7 Å². The van der Waals surface area contributed by atoms with Crippen LogP contribution in [0.15, 0.2) is 66.7 Å². The van der Waals surface area contributed by atoms with Gasteiger partial charge in [0.15, 0.2) is 0 Å². The van der Waals surface area contributed by atoms with Crippen molar-refractivity contribution in [1.29, 1.82) is 0 Å². The molecule has 146 valence electrons. The third-order valence-electron chi connectivity index (χ3n) is 5.75. The van der Waals surface area contributed by atoms with Gasteiger partial charge in [0.25, 0.3) is 0 Å². The smallest absolute Gasteiger partial charge is 0.123 e. The Morgan fingerprint density at radius 3 is 2.43 bits per heavy atom. The Morgan fingerprint density at radius 1 is 0.893 bits per heavy atom. The first kappa shape index (κ1) is 18.9. The number of nitrogens with zero attached hydrogens (tertiary/aromatic N) is 1. The summed E-state index contributed by atoms with van der Waals surface area (Å²) in [6.07, 6.45) is 4.57. The number of fused-ring (bicyclic) bond motifs is 1. The molecule has 0 unspecified atom stereocenters. The molecule has 4 rings (SSSR count). The van der Waals surface area contributed by atoms with Crippen molar-refractivity contribution < 1.29 is 9.13 Å². The fourth-order valence-electron chi connectivity index (χ4n) is 4.10. The molecule has 0 radical (unpaired) electrons. The van der Waals surface area contributed by atoms with Gasteiger partial charge in [-0.05, 0) is 85.3 Å². The normalized spacial score (nSPS) is 15.8. The van der Waals surface area contributed by atoms with Crippen molar-refractivity contribution in [2.75, 3.05) is 26.2 Å². The predicted molar refractivity (Wildman–Crippen MR) is 113 cm³/mol. The highest BCUT2D eigenvalue weighted by atomic mass is 19.1. The Kier molecular flexibility index (Phi) is 6.23. The molecule has 0 spiro atoms. The molecule has 0 N–H and O–H groups in total. The van der Waals surface area contributed by atoms with E-state index >= 15 is 0 Å². The van der Waals surface area contributed by atoms with Crippen LogP contribution >= 0.6 is 0 Å². The van der Waals surface area contributed by atoms with Gasteiger partial charge in [0.05, 0.1) is 6.61 Å². The van der Waals surface area contributed by atoms with Crippen LogP contribution in [0.25, 0.3) is 10.8 Å². The molecule has 0 amide bonds. The lowest BCUT2D eigenvalue weighted by Gasteiger charge is -2.32. The highest BCUT2D eigenvalue weighted by molar-refractivity contribution is 5.83. The number of benzene rings is 3.